The zero-order chi connectivity index (χ0) is 12.9. The summed E-state index contributed by atoms with van der Waals surface area (Å²) in [6, 6.07) is 0. The Morgan fingerprint density at radius 1 is 1.25 bits per heavy atom. The largest absolute Gasteiger partial charge is 0.480 e. The molecular weight excluding hydrogens is 206 g/mol. The first-order valence-corrected chi connectivity index (χ1v) is 5.69. The van der Waals surface area contributed by atoms with Gasteiger partial charge in [0.15, 0.2) is 0 Å². The number of amides is 1. The first-order valence-electron chi connectivity index (χ1n) is 5.69. The average Bonchev–Trinajstić information content (AvgIpc) is 1.99. The molecule has 0 aromatic rings. The van der Waals surface area contributed by atoms with Gasteiger partial charge >= 0.3 is 5.97 Å². The lowest BCUT2D eigenvalue weighted by Crippen LogP contribution is -2.49. The molecule has 0 aliphatic rings. The third-order valence-corrected chi connectivity index (χ3v) is 2.39. The molecule has 2 N–H and O–H groups in total. The summed E-state index contributed by atoms with van der Waals surface area (Å²) in [6.45, 7) is 9.19. The van der Waals surface area contributed by atoms with Gasteiger partial charge in [-0.05, 0) is 32.1 Å². The minimum atomic E-state index is -1.19. The van der Waals surface area contributed by atoms with E-state index in [1.807, 2.05) is 6.92 Å². The van der Waals surface area contributed by atoms with Crippen LogP contribution in [0.5, 0.6) is 0 Å². The number of aliphatic carboxylic acids is 1. The highest BCUT2D eigenvalue weighted by Crippen LogP contribution is 2.15. The van der Waals surface area contributed by atoms with Crippen LogP contribution < -0.4 is 5.32 Å². The van der Waals surface area contributed by atoms with E-state index < -0.39 is 11.5 Å². The summed E-state index contributed by atoms with van der Waals surface area (Å²) in [5.74, 6) is -0.377. The fraction of sp³-hybridized carbons (Fsp3) is 0.833. The predicted molar refractivity (Wildman–Crippen MR) is 63.1 cm³/mol. The van der Waals surface area contributed by atoms with Gasteiger partial charge in [-0.2, -0.15) is 0 Å². The highest BCUT2D eigenvalue weighted by atomic mass is 16.4. The van der Waals surface area contributed by atoms with E-state index in [-0.39, 0.29) is 11.8 Å². The quantitative estimate of drug-likeness (QED) is 0.732. The number of rotatable bonds is 6. The van der Waals surface area contributed by atoms with E-state index in [2.05, 4.69) is 19.2 Å². The number of carboxylic acid groups (broad SMARTS) is 1. The van der Waals surface area contributed by atoms with Crippen molar-refractivity contribution in [1.82, 2.24) is 5.32 Å². The smallest absolute Gasteiger partial charge is 0.328 e. The van der Waals surface area contributed by atoms with Crippen LogP contribution in [0.2, 0.25) is 0 Å². The van der Waals surface area contributed by atoms with Gasteiger partial charge in [0.2, 0.25) is 5.91 Å². The summed E-state index contributed by atoms with van der Waals surface area (Å²) in [7, 11) is 0. The van der Waals surface area contributed by atoms with Crippen LogP contribution in [0.4, 0.5) is 0 Å². The summed E-state index contributed by atoms with van der Waals surface area (Å²) in [4.78, 5) is 22.4. The van der Waals surface area contributed by atoms with Crippen molar-refractivity contribution in [2.45, 2.75) is 53.0 Å². The summed E-state index contributed by atoms with van der Waals surface area (Å²) in [6.07, 6.45) is 1.36. The molecule has 0 bridgehead atoms. The Balaban J connectivity index is 4.14. The molecule has 1 atom stereocenters. The molecule has 0 fully saturated rings. The lowest BCUT2D eigenvalue weighted by atomic mass is 9.95. The third kappa shape index (κ3) is 5.73. The molecule has 0 saturated heterocycles. The number of nitrogens with one attached hydrogen (secondary N) is 1. The molecule has 0 aromatic carbocycles. The minimum Gasteiger partial charge on any atom is -0.480 e. The fourth-order valence-electron chi connectivity index (χ4n) is 1.66. The van der Waals surface area contributed by atoms with Crippen molar-refractivity contribution in [2.24, 2.45) is 11.8 Å². The van der Waals surface area contributed by atoms with Crippen molar-refractivity contribution in [1.29, 1.82) is 0 Å². The molecule has 4 nitrogen and oxygen atoms in total. The van der Waals surface area contributed by atoms with Crippen molar-refractivity contribution < 1.29 is 14.7 Å². The lowest BCUT2D eigenvalue weighted by molar-refractivity contribution is -0.146. The number of carboxylic acids is 1. The van der Waals surface area contributed by atoms with Gasteiger partial charge in [-0.3, -0.25) is 4.79 Å². The molecule has 1 unspecified atom stereocenters. The Kier molecular flexibility index (Phi) is 5.48. The molecule has 0 spiro atoms. The van der Waals surface area contributed by atoms with Gasteiger partial charge in [0, 0.05) is 6.42 Å². The summed E-state index contributed by atoms with van der Waals surface area (Å²) < 4.78 is 0. The van der Waals surface area contributed by atoms with Gasteiger partial charge in [0.25, 0.3) is 0 Å². The normalized spacial score (nSPS) is 13.6. The van der Waals surface area contributed by atoms with E-state index in [9.17, 15) is 9.59 Å². The van der Waals surface area contributed by atoms with Gasteiger partial charge in [-0.25, -0.2) is 4.79 Å². The van der Waals surface area contributed by atoms with Gasteiger partial charge in [-0.15, -0.1) is 0 Å². The maximum absolute atomic E-state index is 11.6. The van der Waals surface area contributed by atoms with Crippen molar-refractivity contribution >= 4 is 11.9 Å². The number of carbonyl (C=O) groups is 2. The maximum atomic E-state index is 11.6. The molecule has 1 amide bonds. The molecular formula is C12H23NO3. The number of hydrogen-bond acceptors (Lipinski definition) is 2. The maximum Gasteiger partial charge on any atom is 0.328 e. The number of carbonyl (C=O) groups excluding carboxylic acids is 1. The van der Waals surface area contributed by atoms with Crippen molar-refractivity contribution in [2.75, 3.05) is 0 Å². The van der Waals surface area contributed by atoms with Crippen LogP contribution >= 0.6 is 0 Å². The first kappa shape index (κ1) is 14.9. The lowest BCUT2D eigenvalue weighted by Gasteiger charge is -2.22. The van der Waals surface area contributed by atoms with Crippen LogP contribution in [0.15, 0.2) is 0 Å². The second kappa shape index (κ2) is 5.87. The Hall–Kier alpha value is -1.06. The molecule has 0 aliphatic carbocycles. The molecule has 0 heterocycles. The average molecular weight is 229 g/mol. The van der Waals surface area contributed by atoms with Gasteiger partial charge in [0.1, 0.15) is 5.54 Å². The molecule has 94 valence electrons. The van der Waals surface area contributed by atoms with E-state index in [1.54, 1.807) is 0 Å². The van der Waals surface area contributed by atoms with Crippen LogP contribution in [0.25, 0.3) is 0 Å². The Labute approximate surface area is 97.4 Å². The van der Waals surface area contributed by atoms with Crippen LogP contribution in [-0.2, 0) is 9.59 Å². The highest BCUT2D eigenvalue weighted by Gasteiger charge is 2.29. The van der Waals surface area contributed by atoms with E-state index in [4.69, 9.17) is 5.11 Å². The van der Waals surface area contributed by atoms with Crippen LogP contribution in [-0.4, -0.2) is 22.5 Å². The van der Waals surface area contributed by atoms with Crippen molar-refractivity contribution in [3.05, 3.63) is 0 Å². The molecule has 4 heteroatoms. The third-order valence-electron chi connectivity index (χ3n) is 2.39. The Bertz CT molecular complexity index is 259. The SMILES string of the molecule is CC(C)CC(C)CC(=O)NC(C)(C)C(=O)O. The van der Waals surface area contributed by atoms with E-state index in [0.29, 0.717) is 12.3 Å². The predicted octanol–water partition coefficient (Wildman–Crippen LogP) is 2.04. The van der Waals surface area contributed by atoms with Crippen molar-refractivity contribution in [3.63, 3.8) is 0 Å². The monoisotopic (exact) mass is 229 g/mol. The molecule has 16 heavy (non-hydrogen) atoms. The van der Waals surface area contributed by atoms with Crippen LogP contribution in [0.3, 0.4) is 0 Å². The van der Waals surface area contributed by atoms with E-state index >= 15 is 0 Å². The second-order valence-corrected chi connectivity index (χ2v) is 5.42. The zero-order valence-corrected chi connectivity index (χ0v) is 10.8. The standard InChI is InChI=1S/C12H23NO3/c1-8(2)6-9(3)7-10(14)13-12(4,5)11(15)16/h8-9H,6-7H2,1-5H3,(H,13,14)(H,15,16). The Morgan fingerprint density at radius 3 is 2.12 bits per heavy atom. The van der Waals surface area contributed by atoms with E-state index in [0.717, 1.165) is 6.42 Å². The van der Waals surface area contributed by atoms with Gasteiger partial charge in [-0.1, -0.05) is 20.8 Å². The molecule has 0 aliphatic heterocycles. The summed E-state index contributed by atoms with van der Waals surface area (Å²) >= 11 is 0. The van der Waals surface area contributed by atoms with Gasteiger partial charge in [0.05, 0.1) is 0 Å². The summed E-state index contributed by atoms with van der Waals surface area (Å²) in [5.41, 5.74) is -1.19. The molecule has 0 saturated carbocycles. The zero-order valence-electron chi connectivity index (χ0n) is 10.8. The molecule has 0 rings (SSSR count). The van der Waals surface area contributed by atoms with Crippen molar-refractivity contribution in [3.8, 4) is 0 Å². The molecule has 0 radical (unpaired) electrons. The molecule has 0 aromatic heterocycles. The minimum absolute atomic E-state index is 0.194. The topological polar surface area (TPSA) is 66.4 Å². The Morgan fingerprint density at radius 2 is 1.75 bits per heavy atom. The highest BCUT2D eigenvalue weighted by molar-refractivity contribution is 5.86. The number of hydrogen-bond donors (Lipinski definition) is 2. The fourth-order valence-corrected chi connectivity index (χ4v) is 1.66. The van der Waals surface area contributed by atoms with E-state index in [1.165, 1.54) is 13.8 Å². The summed E-state index contributed by atoms with van der Waals surface area (Å²) in [5, 5.41) is 11.4. The van der Waals surface area contributed by atoms with Crippen LogP contribution in [0.1, 0.15) is 47.5 Å². The second-order valence-electron chi connectivity index (χ2n) is 5.42. The van der Waals surface area contributed by atoms with Crippen LogP contribution in [0, 0.1) is 11.8 Å². The first-order chi connectivity index (χ1) is 7.15. The van der Waals surface area contributed by atoms with Gasteiger partial charge < -0.3 is 10.4 Å².